The minimum Gasteiger partial charge on any atom is -0.368 e. The minimum absolute atomic E-state index is 0.0500. The molecule has 1 aliphatic heterocycles. The number of nitrogens with zero attached hydrogens (tertiary/aromatic N) is 2. The summed E-state index contributed by atoms with van der Waals surface area (Å²) in [6.07, 6.45) is 1.48. The summed E-state index contributed by atoms with van der Waals surface area (Å²) >= 11 is 0. The summed E-state index contributed by atoms with van der Waals surface area (Å²) in [5, 5.41) is 9.79. The second-order valence-electron chi connectivity index (χ2n) is 7.38. The normalized spacial score (nSPS) is 22.3. The fraction of sp³-hybridized carbons (Fsp3) is 0.238. The van der Waals surface area contributed by atoms with Gasteiger partial charge in [-0.05, 0) is 18.2 Å². The molecular weight excluding hydrogens is 378 g/mol. The number of nitrogens with one attached hydrogen (secondary N) is 2. The standard InChI is InChI=1S/C21H18F2N4O2/c22-12-5-6-19(16(23)9-12)27-10-14-15(11-27)20(14)25-21(28)24-17-4-2-1-3-13(17)18-7-8-29-26-18/h1-9,14-15,20H,10-11H2,(H2,24,25,28). The quantitative estimate of drug-likeness (QED) is 0.702. The van der Waals surface area contributed by atoms with Crippen molar-refractivity contribution in [1.29, 1.82) is 0 Å². The SMILES string of the molecule is O=C(Nc1ccccc1-c1ccon1)NC1C2CN(c3ccc(F)cc3F)CC21. The molecule has 1 saturated heterocycles. The van der Waals surface area contributed by atoms with Gasteiger partial charge in [-0.15, -0.1) is 0 Å². The number of hydrogen-bond acceptors (Lipinski definition) is 4. The van der Waals surface area contributed by atoms with Crippen molar-refractivity contribution < 1.29 is 18.1 Å². The van der Waals surface area contributed by atoms with Crippen LogP contribution in [-0.4, -0.2) is 30.3 Å². The zero-order chi connectivity index (χ0) is 20.0. The molecule has 2 aliphatic rings. The van der Waals surface area contributed by atoms with E-state index in [-0.39, 0.29) is 23.9 Å². The molecule has 0 radical (unpaired) electrons. The molecule has 2 N–H and O–H groups in total. The monoisotopic (exact) mass is 396 g/mol. The van der Waals surface area contributed by atoms with Gasteiger partial charge in [-0.2, -0.15) is 0 Å². The van der Waals surface area contributed by atoms with Crippen molar-refractivity contribution in [2.75, 3.05) is 23.3 Å². The first-order chi connectivity index (χ1) is 14.1. The topological polar surface area (TPSA) is 70.4 Å². The molecular formula is C21H18F2N4O2. The van der Waals surface area contributed by atoms with E-state index in [2.05, 4.69) is 15.8 Å². The van der Waals surface area contributed by atoms with Gasteiger partial charge >= 0.3 is 6.03 Å². The number of hydrogen-bond donors (Lipinski definition) is 2. The van der Waals surface area contributed by atoms with Crippen LogP contribution in [0.25, 0.3) is 11.3 Å². The molecule has 6 nitrogen and oxygen atoms in total. The van der Waals surface area contributed by atoms with E-state index < -0.39 is 11.6 Å². The van der Waals surface area contributed by atoms with Gasteiger partial charge in [0.05, 0.1) is 11.4 Å². The van der Waals surface area contributed by atoms with Gasteiger partial charge in [0, 0.05) is 48.7 Å². The van der Waals surface area contributed by atoms with Gasteiger partial charge in [-0.3, -0.25) is 0 Å². The van der Waals surface area contributed by atoms with E-state index in [0.29, 0.717) is 30.2 Å². The number of aromatic nitrogens is 1. The fourth-order valence-corrected chi connectivity index (χ4v) is 4.15. The third-order valence-electron chi connectivity index (χ3n) is 5.63. The Labute approximate surface area is 165 Å². The number of urea groups is 1. The van der Waals surface area contributed by atoms with Crippen LogP contribution in [0.4, 0.5) is 25.0 Å². The predicted molar refractivity (Wildman–Crippen MR) is 103 cm³/mol. The minimum atomic E-state index is -0.585. The van der Waals surface area contributed by atoms with Crippen LogP contribution >= 0.6 is 0 Å². The zero-order valence-electron chi connectivity index (χ0n) is 15.3. The molecule has 2 unspecified atom stereocenters. The van der Waals surface area contributed by atoms with Crippen molar-refractivity contribution in [3.8, 4) is 11.3 Å². The second-order valence-corrected chi connectivity index (χ2v) is 7.38. The van der Waals surface area contributed by atoms with E-state index in [1.165, 1.54) is 18.4 Å². The molecule has 1 saturated carbocycles. The van der Waals surface area contributed by atoms with E-state index in [9.17, 15) is 13.6 Å². The lowest BCUT2D eigenvalue weighted by Gasteiger charge is -2.23. The molecule has 5 rings (SSSR count). The smallest absolute Gasteiger partial charge is 0.319 e. The van der Waals surface area contributed by atoms with Crippen LogP contribution in [0, 0.1) is 23.5 Å². The molecule has 148 valence electrons. The number of amides is 2. The Bertz CT molecular complexity index is 1040. The Kier molecular flexibility index (Phi) is 4.19. The van der Waals surface area contributed by atoms with Crippen molar-refractivity contribution in [2.24, 2.45) is 11.8 Å². The van der Waals surface area contributed by atoms with Gasteiger partial charge in [0.2, 0.25) is 0 Å². The van der Waals surface area contributed by atoms with Crippen LogP contribution in [0.3, 0.4) is 0 Å². The molecule has 3 aromatic rings. The molecule has 1 aliphatic carbocycles. The number of benzene rings is 2. The highest BCUT2D eigenvalue weighted by Gasteiger charge is 2.56. The molecule has 2 aromatic carbocycles. The molecule has 29 heavy (non-hydrogen) atoms. The number of para-hydroxylation sites is 1. The Balaban J connectivity index is 1.20. The average molecular weight is 396 g/mol. The van der Waals surface area contributed by atoms with Gasteiger partial charge in [-0.1, -0.05) is 23.4 Å². The van der Waals surface area contributed by atoms with E-state index in [0.717, 1.165) is 11.6 Å². The van der Waals surface area contributed by atoms with E-state index >= 15 is 0 Å². The largest absolute Gasteiger partial charge is 0.368 e. The Hall–Kier alpha value is -3.42. The summed E-state index contributed by atoms with van der Waals surface area (Å²) in [5.74, 6) is -0.622. The van der Waals surface area contributed by atoms with Crippen LogP contribution in [-0.2, 0) is 0 Å². The van der Waals surface area contributed by atoms with Crippen LogP contribution < -0.4 is 15.5 Å². The molecule has 2 atom stereocenters. The summed E-state index contributed by atoms with van der Waals surface area (Å²) < 4.78 is 32.0. The number of fused-ring (bicyclic) bond motifs is 1. The highest BCUT2D eigenvalue weighted by Crippen LogP contribution is 2.47. The van der Waals surface area contributed by atoms with Crippen molar-refractivity contribution >= 4 is 17.4 Å². The maximum atomic E-state index is 14.0. The Morgan fingerprint density at radius 3 is 2.62 bits per heavy atom. The first-order valence-electron chi connectivity index (χ1n) is 9.37. The van der Waals surface area contributed by atoms with E-state index in [4.69, 9.17) is 4.52 Å². The first-order valence-corrected chi connectivity index (χ1v) is 9.37. The maximum Gasteiger partial charge on any atom is 0.319 e. The van der Waals surface area contributed by atoms with Crippen molar-refractivity contribution in [3.63, 3.8) is 0 Å². The van der Waals surface area contributed by atoms with Crippen LogP contribution in [0.1, 0.15) is 0 Å². The third-order valence-corrected chi connectivity index (χ3v) is 5.63. The van der Waals surface area contributed by atoms with Crippen molar-refractivity contribution in [2.45, 2.75) is 6.04 Å². The number of piperidine rings is 1. The second kappa shape index (κ2) is 6.88. The highest BCUT2D eigenvalue weighted by molar-refractivity contribution is 5.94. The summed E-state index contributed by atoms with van der Waals surface area (Å²) in [6, 6.07) is 12.5. The first kappa shape index (κ1) is 17.7. The van der Waals surface area contributed by atoms with Crippen LogP contribution in [0.2, 0.25) is 0 Å². The van der Waals surface area contributed by atoms with E-state index in [1.807, 2.05) is 23.1 Å². The van der Waals surface area contributed by atoms with Gasteiger partial charge in [0.15, 0.2) is 0 Å². The van der Waals surface area contributed by atoms with Gasteiger partial charge in [-0.25, -0.2) is 13.6 Å². The number of halogens is 2. The fourth-order valence-electron chi connectivity index (χ4n) is 4.15. The van der Waals surface area contributed by atoms with Gasteiger partial charge in [0.25, 0.3) is 0 Å². The predicted octanol–water partition coefficient (Wildman–Crippen LogP) is 3.88. The Morgan fingerprint density at radius 2 is 1.90 bits per heavy atom. The number of rotatable bonds is 4. The molecule has 0 spiro atoms. The zero-order valence-corrected chi connectivity index (χ0v) is 15.3. The third kappa shape index (κ3) is 3.30. The highest BCUT2D eigenvalue weighted by atomic mass is 19.1. The molecule has 1 aromatic heterocycles. The molecule has 0 bridgehead atoms. The molecule has 2 fully saturated rings. The number of carbonyl (C=O) groups excluding carboxylic acids is 1. The summed E-state index contributed by atoms with van der Waals surface area (Å²) in [6.45, 7) is 1.27. The number of anilines is 2. The number of carbonyl (C=O) groups is 1. The summed E-state index contributed by atoms with van der Waals surface area (Å²) in [5.41, 5.74) is 2.45. The maximum absolute atomic E-state index is 14.0. The summed E-state index contributed by atoms with van der Waals surface area (Å²) in [4.78, 5) is 14.4. The van der Waals surface area contributed by atoms with Gasteiger partial charge < -0.3 is 20.1 Å². The Morgan fingerprint density at radius 1 is 1.10 bits per heavy atom. The lowest BCUT2D eigenvalue weighted by molar-refractivity contribution is 0.250. The van der Waals surface area contributed by atoms with Crippen molar-refractivity contribution in [3.05, 3.63) is 66.4 Å². The van der Waals surface area contributed by atoms with Crippen LogP contribution in [0.5, 0.6) is 0 Å². The van der Waals surface area contributed by atoms with Crippen LogP contribution in [0.15, 0.2) is 59.3 Å². The molecule has 2 heterocycles. The van der Waals surface area contributed by atoms with Crippen molar-refractivity contribution in [1.82, 2.24) is 10.5 Å². The van der Waals surface area contributed by atoms with E-state index in [1.54, 1.807) is 12.1 Å². The summed E-state index contributed by atoms with van der Waals surface area (Å²) in [7, 11) is 0. The lowest BCUT2D eigenvalue weighted by atomic mass is 10.1. The molecule has 8 heteroatoms. The average Bonchev–Trinajstić information content (AvgIpc) is 3.13. The lowest BCUT2D eigenvalue weighted by Crippen LogP contribution is -2.37. The molecule has 2 amide bonds. The van der Waals surface area contributed by atoms with Gasteiger partial charge in [0.1, 0.15) is 23.6 Å².